The second-order valence-corrected chi connectivity index (χ2v) is 6.55. The number of aliphatic imine (C=N–C) groups is 1. The third kappa shape index (κ3) is 9.87. The molecule has 2 heteroatoms. The van der Waals surface area contributed by atoms with E-state index >= 15 is 0 Å². The fraction of sp³-hybridized carbons (Fsp3) is 0.632. The number of benzene rings is 1. The van der Waals surface area contributed by atoms with Gasteiger partial charge < -0.3 is 0 Å². The average molecular weight is 351 g/mol. The Morgan fingerprint density at radius 3 is 1.90 bits per heavy atom. The maximum atomic E-state index is 4.62. The summed E-state index contributed by atoms with van der Waals surface area (Å²) in [7, 11) is 0. The van der Waals surface area contributed by atoms with Gasteiger partial charge in [0, 0.05) is 0 Å². The van der Waals surface area contributed by atoms with Crippen molar-refractivity contribution in [1.29, 1.82) is 0 Å². The van der Waals surface area contributed by atoms with Gasteiger partial charge >= 0.3 is 126 Å². The van der Waals surface area contributed by atoms with Crippen molar-refractivity contribution < 1.29 is 0 Å². The van der Waals surface area contributed by atoms with Crippen LogP contribution in [0, 0.1) is 0 Å². The Balaban J connectivity index is 1.95. The molecule has 0 aliphatic rings. The molecule has 0 aliphatic heterocycles. The molecular formula is C19H30NSe. The van der Waals surface area contributed by atoms with Gasteiger partial charge in [0.05, 0.1) is 0 Å². The Kier molecular flexibility index (Phi) is 11.5. The van der Waals surface area contributed by atoms with E-state index in [2.05, 4.69) is 52.2 Å². The van der Waals surface area contributed by atoms with Gasteiger partial charge in [-0.05, 0) is 0 Å². The standard InChI is InChI=1S/C19H30NSe/c1-2-3-4-5-6-7-8-9-10-14-17-20-19(21)18-15-12-11-13-16-18/h11-13,15-16H,2-10,14,17H2,1H3. The molecule has 21 heavy (non-hydrogen) atoms. The first-order valence-electron chi connectivity index (χ1n) is 8.61. The first kappa shape index (κ1) is 18.5. The van der Waals surface area contributed by atoms with Gasteiger partial charge in [0.15, 0.2) is 0 Å². The number of hydrogen-bond donors (Lipinski definition) is 0. The van der Waals surface area contributed by atoms with Crippen LogP contribution in [0.3, 0.4) is 0 Å². The molecule has 0 amide bonds. The van der Waals surface area contributed by atoms with Crippen LogP contribution in [0.2, 0.25) is 0 Å². The van der Waals surface area contributed by atoms with E-state index in [1.807, 2.05) is 6.07 Å². The van der Waals surface area contributed by atoms with Crippen LogP contribution in [-0.2, 0) is 0 Å². The van der Waals surface area contributed by atoms with Gasteiger partial charge in [-0.25, -0.2) is 0 Å². The summed E-state index contributed by atoms with van der Waals surface area (Å²) in [5.74, 6) is 0. The molecule has 0 saturated heterocycles. The fourth-order valence-electron chi connectivity index (χ4n) is 2.45. The Morgan fingerprint density at radius 1 is 0.810 bits per heavy atom. The van der Waals surface area contributed by atoms with Crippen LogP contribution in [0.1, 0.15) is 76.7 Å². The summed E-state index contributed by atoms with van der Waals surface area (Å²) in [6.07, 6.45) is 13.8. The van der Waals surface area contributed by atoms with Crippen LogP contribution in [0.4, 0.5) is 0 Å². The maximum absolute atomic E-state index is 4.62. The summed E-state index contributed by atoms with van der Waals surface area (Å²) in [6, 6.07) is 10.4. The van der Waals surface area contributed by atoms with Crippen molar-refractivity contribution in [2.45, 2.75) is 71.1 Å². The van der Waals surface area contributed by atoms with E-state index in [0.29, 0.717) is 0 Å². The van der Waals surface area contributed by atoms with Crippen LogP contribution < -0.4 is 0 Å². The van der Waals surface area contributed by atoms with Crippen molar-refractivity contribution in [3.8, 4) is 0 Å². The summed E-state index contributed by atoms with van der Waals surface area (Å²) in [4.78, 5) is 4.62. The molecule has 0 unspecified atom stereocenters. The summed E-state index contributed by atoms with van der Waals surface area (Å²) in [6.45, 7) is 3.23. The molecule has 1 rings (SSSR count). The number of hydrogen-bond acceptors (Lipinski definition) is 1. The van der Waals surface area contributed by atoms with Crippen molar-refractivity contribution in [1.82, 2.24) is 0 Å². The van der Waals surface area contributed by atoms with Crippen LogP contribution in [0.15, 0.2) is 35.3 Å². The van der Waals surface area contributed by atoms with Gasteiger partial charge in [-0.2, -0.15) is 0 Å². The summed E-state index contributed by atoms with van der Waals surface area (Å²) >= 11 is 3.08. The normalized spacial score (nSPS) is 11.8. The summed E-state index contributed by atoms with van der Waals surface area (Å²) < 4.78 is 1.05. The molecule has 1 aromatic rings. The zero-order valence-electron chi connectivity index (χ0n) is 13.5. The molecule has 0 N–H and O–H groups in total. The van der Waals surface area contributed by atoms with E-state index in [1.54, 1.807) is 0 Å². The van der Waals surface area contributed by atoms with Crippen LogP contribution >= 0.6 is 0 Å². The first-order chi connectivity index (χ1) is 10.3. The van der Waals surface area contributed by atoms with Gasteiger partial charge in [-0.3, -0.25) is 0 Å². The zero-order valence-corrected chi connectivity index (χ0v) is 15.2. The molecule has 0 heterocycles. The van der Waals surface area contributed by atoms with Crippen molar-refractivity contribution in [2.24, 2.45) is 4.99 Å². The minimum atomic E-state index is 0.952. The van der Waals surface area contributed by atoms with Crippen molar-refractivity contribution >= 4 is 20.6 Å². The third-order valence-electron chi connectivity index (χ3n) is 3.79. The second-order valence-electron chi connectivity index (χ2n) is 5.73. The van der Waals surface area contributed by atoms with E-state index in [4.69, 9.17) is 0 Å². The second kappa shape index (κ2) is 13.1. The Labute approximate surface area is 139 Å². The Hall–Kier alpha value is -0.591. The van der Waals surface area contributed by atoms with Gasteiger partial charge in [0.1, 0.15) is 0 Å². The molecule has 1 radical (unpaired) electrons. The van der Waals surface area contributed by atoms with Crippen LogP contribution in [0.5, 0.6) is 0 Å². The summed E-state index contributed by atoms with van der Waals surface area (Å²) in [5.41, 5.74) is 1.20. The number of rotatable bonds is 12. The van der Waals surface area contributed by atoms with Crippen molar-refractivity contribution in [2.75, 3.05) is 6.54 Å². The van der Waals surface area contributed by atoms with Crippen LogP contribution in [-0.4, -0.2) is 27.2 Å². The predicted molar refractivity (Wildman–Crippen MR) is 95.4 cm³/mol. The third-order valence-corrected chi connectivity index (χ3v) is 4.55. The molecule has 0 atom stereocenters. The van der Waals surface area contributed by atoms with Gasteiger partial charge in [-0.1, -0.05) is 13.3 Å². The molecule has 1 nitrogen and oxygen atoms in total. The monoisotopic (exact) mass is 352 g/mol. The van der Waals surface area contributed by atoms with Gasteiger partial charge in [0.25, 0.3) is 0 Å². The van der Waals surface area contributed by atoms with Crippen LogP contribution in [0.25, 0.3) is 0 Å². The molecule has 0 fully saturated rings. The van der Waals surface area contributed by atoms with Crippen molar-refractivity contribution in [3.05, 3.63) is 35.9 Å². The molecular weight excluding hydrogens is 321 g/mol. The minimum absolute atomic E-state index is 0.952. The van der Waals surface area contributed by atoms with E-state index < -0.39 is 0 Å². The number of unbranched alkanes of at least 4 members (excludes halogenated alkanes) is 9. The molecule has 0 saturated carbocycles. The Morgan fingerprint density at radius 2 is 1.33 bits per heavy atom. The molecule has 117 valence electrons. The molecule has 0 aliphatic carbocycles. The topological polar surface area (TPSA) is 12.4 Å². The van der Waals surface area contributed by atoms with Gasteiger partial charge in [0.2, 0.25) is 0 Å². The molecule has 1 aromatic carbocycles. The van der Waals surface area contributed by atoms with E-state index in [0.717, 1.165) is 11.2 Å². The summed E-state index contributed by atoms with van der Waals surface area (Å²) in [5, 5.41) is 0. The first-order valence-corrected chi connectivity index (χ1v) is 9.47. The van der Waals surface area contributed by atoms with Crippen molar-refractivity contribution in [3.63, 3.8) is 0 Å². The van der Waals surface area contributed by atoms with E-state index in [-0.39, 0.29) is 0 Å². The SMILES string of the molecule is CCCCCCCCCCCCN=C([Se])c1ccccc1. The van der Waals surface area contributed by atoms with Gasteiger partial charge in [-0.15, -0.1) is 0 Å². The Bertz CT molecular complexity index is 372. The molecule has 0 spiro atoms. The van der Waals surface area contributed by atoms with E-state index in [9.17, 15) is 0 Å². The fourth-order valence-corrected chi connectivity index (χ4v) is 2.93. The molecule has 0 bridgehead atoms. The zero-order chi connectivity index (χ0) is 15.2. The predicted octanol–water partition coefficient (Wildman–Crippen LogP) is 5.52. The number of nitrogens with zero attached hydrogens (tertiary/aromatic N) is 1. The average Bonchev–Trinajstić information content (AvgIpc) is 2.53. The molecule has 0 aromatic heterocycles. The quantitative estimate of drug-likeness (QED) is 0.267. The van der Waals surface area contributed by atoms with E-state index in [1.165, 1.54) is 69.8 Å².